The molecule has 0 bridgehead atoms. The molecular formula is C22H24N2O4. The molecule has 1 amide bonds. The van der Waals surface area contributed by atoms with Crippen molar-refractivity contribution in [2.75, 3.05) is 14.2 Å². The minimum Gasteiger partial charge on any atom is -0.497 e. The first-order valence-corrected chi connectivity index (χ1v) is 9.15. The highest BCUT2D eigenvalue weighted by molar-refractivity contribution is 6.00. The van der Waals surface area contributed by atoms with Crippen molar-refractivity contribution in [1.29, 1.82) is 0 Å². The molecule has 0 radical (unpaired) electrons. The van der Waals surface area contributed by atoms with Gasteiger partial charge in [-0.2, -0.15) is 0 Å². The molecule has 0 aliphatic heterocycles. The van der Waals surface area contributed by atoms with Gasteiger partial charge >= 0.3 is 0 Å². The molecule has 0 unspecified atom stereocenters. The van der Waals surface area contributed by atoms with Crippen LogP contribution in [-0.4, -0.2) is 31.2 Å². The van der Waals surface area contributed by atoms with Crippen LogP contribution in [0.5, 0.6) is 11.5 Å². The quantitative estimate of drug-likeness (QED) is 0.651. The molecule has 0 aliphatic rings. The minimum absolute atomic E-state index is 0.0873. The molecule has 1 N–H and O–H groups in total. The van der Waals surface area contributed by atoms with Crippen molar-refractivity contribution in [3.05, 3.63) is 54.2 Å². The third kappa shape index (κ3) is 4.01. The summed E-state index contributed by atoms with van der Waals surface area (Å²) in [6, 6.07) is 12.8. The highest BCUT2D eigenvalue weighted by Crippen LogP contribution is 2.35. The lowest BCUT2D eigenvalue weighted by molar-refractivity contribution is 0.0939. The number of methoxy groups -OCH3 is 2. The maximum Gasteiger partial charge on any atom is 0.252 e. The largest absolute Gasteiger partial charge is 0.497 e. The van der Waals surface area contributed by atoms with E-state index in [1.165, 1.54) is 0 Å². The summed E-state index contributed by atoms with van der Waals surface area (Å²) in [7, 11) is 3.19. The minimum atomic E-state index is -0.147. The van der Waals surface area contributed by atoms with Crippen molar-refractivity contribution in [2.45, 2.75) is 26.3 Å². The highest BCUT2D eigenvalue weighted by Gasteiger charge is 2.19. The van der Waals surface area contributed by atoms with Gasteiger partial charge in [0, 0.05) is 17.7 Å². The second-order valence-electron chi connectivity index (χ2n) is 6.42. The normalized spacial score (nSPS) is 11.7. The predicted molar refractivity (Wildman–Crippen MR) is 108 cm³/mol. The van der Waals surface area contributed by atoms with Gasteiger partial charge in [0.15, 0.2) is 5.76 Å². The van der Waals surface area contributed by atoms with E-state index in [1.807, 2.05) is 44.2 Å². The Balaban J connectivity index is 1.96. The Labute approximate surface area is 164 Å². The van der Waals surface area contributed by atoms with Crippen molar-refractivity contribution in [2.24, 2.45) is 0 Å². The van der Waals surface area contributed by atoms with Gasteiger partial charge in [0.05, 0.1) is 31.5 Å². The standard InChI is InChI=1S/C22H24N2O4/c1-5-14(2)24-21(25)16-8-6-7-9-17(16)22-23-13-20(28-22)18-11-10-15(26-3)12-19(18)27-4/h6-14H,5H2,1-4H3,(H,24,25)/t14-/m0/s1. The maximum absolute atomic E-state index is 12.6. The molecule has 6 nitrogen and oxygen atoms in total. The lowest BCUT2D eigenvalue weighted by Crippen LogP contribution is -2.32. The van der Waals surface area contributed by atoms with Gasteiger partial charge in [-0.15, -0.1) is 0 Å². The Morgan fingerprint density at radius 2 is 1.93 bits per heavy atom. The highest BCUT2D eigenvalue weighted by atomic mass is 16.5. The Morgan fingerprint density at radius 3 is 2.64 bits per heavy atom. The second kappa shape index (κ2) is 8.61. The molecule has 6 heteroatoms. The fourth-order valence-corrected chi connectivity index (χ4v) is 2.80. The number of carbonyl (C=O) groups excluding carboxylic acids is 1. The lowest BCUT2D eigenvalue weighted by atomic mass is 10.1. The smallest absolute Gasteiger partial charge is 0.252 e. The summed E-state index contributed by atoms with van der Waals surface area (Å²) in [6.07, 6.45) is 2.48. The van der Waals surface area contributed by atoms with Crippen molar-refractivity contribution >= 4 is 5.91 Å². The average molecular weight is 380 g/mol. The van der Waals surface area contributed by atoms with Crippen LogP contribution in [0.25, 0.3) is 22.8 Å². The van der Waals surface area contributed by atoms with Gasteiger partial charge in [-0.3, -0.25) is 4.79 Å². The molecule has 1 atom stereocenters. The molecule has 3 rings (SSSR count). The van der Waals surface area contributed by atoms with Gasteiger partial charge in [-0.1, -0.05) is 19.1 Å². The van der Waals surface area contributed by atoms with Crippen molar-refractivity contribution < 1.29 is 18.7 Å². The zero-order valence-corrected chi connectivity index (χ0v) is 16.5. The van der Waals surface area contributed by atoms with Crippen molar-refractivity contribution in [3.63, 3.8) is 0 Å². The number of amides is 1. The summed E-state index contributed by atoms with van der Waals surface area (Å²) in [4.78, 5) is 17.0. The summed E-state index contributed by atoms with van der Waals surface area (Å²) in [5, 5.41) is 2.98. The zero-order valence-electron chi connectivity index (χ0n) is 16.5. The van der Waals surface area contributed by atoms with Crippen LogP contribution in [0.2, 0.25) is 0 Å². The lowest BCUT2D eigenvalue weighted by Gasteiger charge is -2.13. The van der Waals surface area contributed by atoms with Crippen LogP contribution < -0.4 is 14.8 Å². The number of nitrogens with zero attached hydrogens (tertiary/aromatic N) is 1. The van der Waals surface area contributed by atoms with E-state index in [0.717, 1.165) is 12.0 Å². The third-order valence-electron chi connectivity index (χ3n) is 4.57. The van der Waals surface area contributed by atoms with E-state index in [0.29, 0.717) is 34.3 Å². The number of rotatable bonds is 7. The number of hydrogen-bond acceptors (Lipinski definition) is 5. The summed E-state index contributed by atoms with van der Waals surface area (Å²) in [5.74, 6) is 2.08. The Hall–Kier alpha value is -3.28. The van der Waals surface area contributed by atoms with E-state index in [2.05, 4.69) is 10.3 Å². The van der Waals surface area contributed by atoms with E-state index >= 15 is 0 Å². The summed E-state index contributed by atoms with van der Waals surface area (Å²) < 4.78 is 16.7. The predicted octanol–water partition coefficient (Wildman–Crippen LogP) is 4.55. The number of nitrogens with one attached hydrogen (secondary N) is 1. The van der Waals surface area contributed by atoms with Gasteiger partial charge in [0.2, 0.25) is 5.89 Å². The Morgan fingerprint density at radius 1 is 1.14 bits per heavy atom. The number of carbonyl (C=O) groups is 1. The SMILES string of the molecule is CC[C@H](C)NC(=O)c1ccccc1-c1ncc(-c2ccc(OC)cc2OC)o1. The van der Waals surface area contributed by atoms with E-state index in [9.17, 15) is 4.79 Å². The molecule has 1 heterocycles. The molecule has 1 aromatic heterocycles. The molecule has 146 valence electrons. The topological polar surface area (TPSA) is 73.6 Å². The molecule has 0 saturated heterocycles. The van der Waals surface area contributed by atoms with Crippen LogP contribution in [0.1, 0.15) is 30.6 Å². The zero-order chi connectivity index (χ0) is 20.1. The van der Waals surface area contributed by atoms with Gasteiger partial charge < -0.3 is 19.2 Å². The van der Waals surface area contributed by atoms with Gasteiger partial charge in [-0.05, 0) is 37.6 Å². The van der Waals surface area contributed by atoms with E-state index in [1.54, 1.807) is 32.5 Å². The Kier molecular flexibility index (Phi) is 5.99. The van der Waals surface area contributed by atoms with Gasteiger partial charge in [0.25, 0.3) is 5.91 Å². The molecule has 2 aromatic carbocycles. The molecule has 0 spiro atoms. The molecule has 0 saturated carbocycles. The summed E-state index contributed by atoms with van der Waals surface area (Å²) in [5.41, 5.74) is 1.92. The van der Waals surface area contributed by atoms with Crippen LogP contribution in [-0.2, 0) is 0 Å². The molecular weight excluding hydrogens is 356 g/mol. The van der Waals surface area contributed by atoms with E-state index < -0.39 is 0 Å². The van der Waals surface area contributed by atoms with Crippen molar-refractivity contribution in [3.8, 4) is 34.3 Å². The maximum atomic E-state index is 12.6. The summed E-state index contributed by atoms with van der Waals surface area (Å²) in [6.45, 7) is 4.00. The summed E-state index contributed by atoms with van der Waals surface area (Å²) >= 11 is 0. The van der Waals surface area contributed by atoms with Crippen LogP contribution in [0.15, 0.2) is 53.1 Å². The second-order valence-corrected chi connectivity index (χ2v) is 6.42. The van der Waals surface area contributed by atoms with Crippen molar-refractivity contribution in [1.82, 2.24) is 10.3 Å². The Bertz CT molecular complexity index is 965. The third-order valence-corrected chi connectivity index (χ3v) is 4.57. The van der Waals surface area contributed by atoms with Gasteiger partial charge in [0.1, 0.15) is 11.5 Å². The van der Waals surface area contributed by atoms with E-state index in [4.69, 9.17) is 13.9 Å². The molecule has 3 aromatic rings. The van der Waals surface area contributed by atoms with E-state index in [-0.39, 0.29) is 11.9 Å². The fourth-order valence-electron chi connectivity index (χ4n) is 2.80. The van der Waals surface area contributed by atoms with Crippen LogP contribution >= 0.6 is 0 Å². The first-order chi connectivity index (χ1) is 13.6. The number of aromatic nitrogens is 1. The average Bonchev–Trinajstić information content (AvgIpc) is 3.22. The molecule has 28 heavy (non-hydrogen) atoms. The number of oxazole rings is 1. The number of hydrogen-bond donors (Lipinski definition) is 1. The first-order valence-electron chi connectivity index (χ1n) is 9.15. The van der Waals surface area contributed by atoms with Crippen LogP contribution in [0.4, 0.5) is 0 Å². The number of benzene rings is 2. The monoisotopic (exact) mass is 380 g/mol. The molecule has 0 aliphatic carbocycles. The van der Waals surface area contributed by atoms with Gasteiger partial charge in [-0.25, -0.2) is 4.98 Å². The first kappa shape index (κ1) is 19.5. The fraction of sp³-hybridized carbons (Fsp3) is 0.273. The number of ether oxygens (including phenoxy) is 2. The van der Waals surface area contributed by atoms with Crippen LogP contribution in [0, 0.1) is 0 Å². The molecule has 0 fully saturated rings. The van der Waals surface area contributed by atoms with Crippen LogP contribution in [0.3, 0.4) is 0 Å².